The number of hydrogen-bond acceptors (Lipinski definition) is 2. The molecule has 1 N–H and O–H groups in total. The van der Waals surface area contributed by atoms with Gasteiger partial charge in [0.2, 0.25) is 0 Å². The maximum Gasteiger partial charge on any atom is 0.265 e. The molecule has 0 aliphatic heterocycles. The molecule has 1 aromatic carbocycles. The summed E-state index contributed by atoms with van der Waals surface area (Å²) in [5.74, 6) is 0. The molecule has 0 amide bonds. The van der Waals surface area contributed by atoms with Crippen LogP contribution in [0.3, 0.4) is 0 Å². The molecule has 0 aliphatic rings. The van der Waals surface area contributed by atoms with Crippen molar-refractivity contribution in [3.8, 4) is 10.4 Å². The number of fused-ring (bicyclic) bond motifs is 1. The standard InChI is InChI=1S/C13H8ClNOS/c14-10-3-1-8(2-4-10)11-7-9-5-6-15-13(16)12(9)17-11/h1-7H,(H,15,16). The Balaban J connectivity index is 2.21. The molecule has 0 bridgehead atoms. The lowest BCUT2D eigenvalue weighted by Crippen LogP contribution is -2.01. The summed E-state index contributed by atoms with van der Waals surface area (Å²) in [6.45, 7) is 0. The van der Waals surface area contributed by atoms with E-state index in [1.54, 1.807) is 6.20 Å². The number of rotatable bonds is 1. The molecule has 4 heteroatoms. The molecule has 2 heterocycles. The fourth-order valence-electron chi connectivity index (χ4n) is 1.74. The molecular weight excluding hydrogens is 254 g/mol. The lowest BCUT2D eigenvalue weighted by atomic mass is 10.2. The van der Waals surface area contributed by atoms with Crippen LogP contribution < -0.4 is 5.56 Å². The van der Waals surface area contributed by atoms with Gasteiger partial charge in [-0.15, -0.1) is 11.3 Å². The average Bonchev–Trinajstić information content (AvgIpc) is 2.75. The minimum Gasteiger partial charge on any atom is -0.328 e. The third-order valence-corrected chi connectivity index (χ3v) is 4.02. The summed E-state index contributed by atoms with van der Waals surface area (Å²) in [5.41, 5.74) is 1.04. The molecule has 0 radical (unpaired) electrons. The number of pyridine rings is 1. The number of H-pyrrole nitrogens is 1. The van der Waals surface area contributed by atoms with Crippen LogP contribution in [-0.2, 0) is 0 Å². The quantitative estimate of drug-likeness (QED) is 0.708. The molecule has 0 unspecified atom stereocenters. The minimum atomic E-state index is -0.0345. The van der Waals surface area contributed by atoms with E-state index in [2.05, 4.69) is 4.98 Å². The fourth-order valence-corrected chi connectivity index (χ4v) is 2.92. The Morgan fingerprint density at radius 3 is 2.59 bits per heavy atom. The van der Waals surface area contributed by atoms with Gasteiger partial charge in [-0.05, 0) is 29.8 Å². The van der Waals surface area contributed by atoms with E-state index in [0.29, 0.717) is 5.02 Å². The zero-order valence-electron chi connectivity index (χ0n) is 8.74. The van der Waals surface area contributed by atoms with Crippen LogP contribution in [0, 0.1) is 0 Å². The molecule has 0 spiro atoms. The summed E-state index contributed by atoms with van der Waals surface area (Å²) in [4.78, 5) is 15.4. The summed E-state index contributed by atoms with van der Waals surface area (Å²) in [6, 6.07) is 11.6. The normalized spacial score (nSPS) is 10.9. The Hall–Kier alpha value is -1.58. The summed E-state index contributed by atoms with van der Waals surface area (Å²) < 4.78 is 0.762. The predicted octanol–water partition coefficient (Wildman–Crippen LogP) is 3.91. The molecule has 3 rings (SSSR count). The molecule has 17 heavy (non-hydrogen) atoms. The molecule has 84 valence electrons. The summed E-state index contributed by atoms with van der Waals surface area (Å²) in [7, 11) is 0. The van der Waals surface area contributed by atoms with Crippen molar-refractivity contribution in [2.24, 2.45) is 0 Å². The van der Waals surface area contributed by atoms with Crippen LogP contribution in [0.2, 0.25) is 5.02 Å². The second-order valence-electron chi connectivity index (χ2n) is 3.71. The zero-order chi connectivity index (χ0) is 11.8. The van der Waals surface area contributed by atoms with E-state index in [9.17, 15) is 4.79 Å². The summed E-state index contributed by atoms with van der Waals surface area (Å²) >= 11 is 7.35. The SMILES string of the molecule is O=c1[nH]ccc2cc(-c3ccc(Cl)cc3)sc12. The van der Waals surface area contributed by atoms with E-state index in [4.69, 9.17) is 11.6 Å². The number of aromatic nitrogens is 1. The topological polar surface area (TPSA) is 32.9 Å². The second kappa shape index (κ2) is 4.02. The number of nitrogens with one attached hydrogen (secondary N) is 1. The number of thiophene rings is 1. The van der Waals surface area contributed by atoms with Crippen molar-refractivity contribution in [3.63, 3.8) is 0 Å². The van der Waals surface area contributed by atoms with E-state index < -0.39 is 0 Å². The van der Waals surface area contributed by atoms with Gasteiger partial charge in [0.05, 0.1) is 0 Å². The van der Waals surface area contributed by atoms with Gasteiger partial charge in [-0.1, -0.05) is 23.7 Å². The van der Waals surface area contributed by atoms with Crippen LogP contribution in [0.15, 0.2) is 47.4 Å². The van der Waals surface area contributed by atoms with Crippen LogP contribution in [0.1, 0.15) is 0 Å². The lowest BCUT2D eigenvalue weighted by Gasteiger charge is -1.95. The lowest BCUT2D eigenvalue weighted by molar-refractivity contribution is 1.29. The number of aromatic amines is 1. The van der Waals surface area contributed by atoms with Crippen molar-refractivity contribution in [2.75, 3.05) is 0 Å². The van der Waals surface area contributed by atoms with Gasteiger partial charge < -0.3 is 4.98 Å². The van der Waals surface area contributed by atoms with Gasteiger partial charge >= 0.3 is 0 Å². The van der Waals surface area contributed by atoms with Crippen molar-refractivity contribution >= 4 is 33.0 Å². The Labute approximate surface area is 106 Å². The molecule has 0 fully saturated rings. The first-order valence-electron chi connectivity index (χ1n) is 5.11. The van der Waals surface area contributed by atoms with Gasteiger partial charge in [-0.3, -0.25) is 4.79 Å². The van der Waals surface area contributed by atoms with Crippen LogP contribution >= 0.6 is 22.9 Å². The van der Waals surface area contributed by atoms with Gasteiger partial charge in [0.25, 0.3) is 5.56 Å². The summed E-state index contributed by atoms with van der Waals surface area (Å²) in [6.07, 6.45) is 1.67. The Morgan fingerprint density at radius 1 is 1.12 bits per heavy atom. The Bertz CT molecular complexity index is 727. The van der Waals surface area contributed by atoms with Gasteiger partial charge in [-0.25, -0.2) is 0 Å². The van der Waals surface area contributed by atoms with Crippen LogP contribution in [-0.4, -0.2) is 4.98 Å². The van der Waals surface area contributed by atoms with E-state index in [1.165, 1.54) is 11.3 Å². The van der Waals surface area contributed by atoms with Gasteiger partial charge in [-0.2, -0.15) is 0 Å². The number of benzene rings is 1. The molecule has 0 saturated carbocycles. The van der Waals surface area contributed by atoms with Crippen molar-refractivity contribution < 1.29 is 0 Å². The molecule has 2 nitrogen and oxygen atoms in total. The van der Waals surface area contributed by atoms with Crippen molar-refractivity contribution in [3.05, 3.63) is 58.0 Å². The van der Waals surface area contributed by atoms with E-state index in [0.717, 1.165) is 20.5 Å². The highest BCUT2D eigenvalue weighted by molar-refractivity contribution is 7.22. The third-order valence-electron chi connectivity index (χ3n) is 2.57. The third kappa shape index (κ3) is 1.88. The zero-order valence-corrected chi connectivity index (χ0v) is 10.3. The average molecular weight is 262 g/mol. The first kappa shape index (κ1) is 10.6. The highest BCUT2D eigenvalue weighted by Gasteiger charge is 2.06. The van der Waals surface area contributed by atoms with Crippen LogP contribution in [0.25, 0.3) is 20.5 Å². The first-order valence-corrected chi connectivity index (χ1v) is 6.31. The second-order valence-corrected chi connectivity index (χ2v) is 5.20. The van der Waals surface area contributed by atoms with Crippen molar-refractivity contribution in [2.45, 2.75) is 0 Å². The maximum absolute atomic E-state index is 11.6. The van der Waals surface area contributed by atoms with Gasteiger partial charge in [0.1, 0.15) is 4.70 Å². The predicted molar refractivity (Wildman–Crippen MR) is 72.9 cm³/mol. The molecule has 0 saturated heterocycles. The first-order chi connectivity index (χ1) is 8.24. The smallest absolute Gasteiger partial charge is 0.265 e. The van der Waals surface area contributed by atoms with E-state index in [-0.39, 0.29) is 5.56 Å². The minimum absolute atomic E-state index is 0.0345. The molecular formula is C13H8ClNOS. The highest BCUT2D eigenvalue weighted by atomic mass is 35.5. The fraction of sp³-hybridized carbons (Fsp3) is 0. The van der Waals surface area contributed by atoms with E-state index >= 15 is 0 Å². The largest absolute Gasteiger partial charge is 0.328 e. The van der Waals surface area contributed by atoms with Crippen molar-refractivity contribution in [1.82, 2.24) is 4.98 Å². The Morgan fingerprint density at radius 2 is 1.88 bits per heavy atom. The summed E-state index contributed by atoms with van der Waals surface area (Å²) in [5, 5.41) is 1.69. The maximum atomic E-state index is 11.6. The van der Waals surface area contributed by atoms with Crippen LogP contribution in [0.4, 0.5) is 0 Å². The Kier molecular flexibility index (Phi) is 2.50. The molecule has 3 aromatic rings. The molecule has 0 aliphatic carbocycles. The number of hydrogen-bond donors (Lipinski definition) is 1. The van der Waals surface area contributed by atoms with Gasteiger partial charge in [0, 0.05) is 21.5 Å². The molecule has 2 aromatic heterocycles. The van der Waals surface area contributed by atoms with Gasteiger partial charge in [0.15, 0.2) is 0 Å². The highest BCUT2D eigenvalue weighted by Crippen LogP contribution is 2.31. The monoisotopic (exact) mass is 261 g/mol. The van der Waals surface area contributed by atoms with Crippen molar-refractivity contribution in [1.29, 1.82) is 0 Å². The molecule has 0 atom stereocenters. The van der Waals surface area contributed by atoms with Crippen LogP contribution in [0.5, 0.6) is 0 Å². The number of halogens is 1. The van der Waals surface area contributed by atoms with E-state index in [1.807, 2.05) is 36.4 Å².